The van der Waals surface area contributed by atoms with E-state index in [1.165, 1.54) is 16.7 Å². The first-order valence-electron chi connectivity index (χ1n) is 3.49. The van der Waals surface area contributed by atoms with Crippen molar-refractivity contribution in [3.8, 4) is 0 Å². The number of carboxylic acids is 1. The summed E-state index contributed by atoms with van der Waals surface area (Å²) in [5, 5.41) is 10.2. The van der Waals surface area contributed by atoms with Crippen LogP contribution < -0.4 is 0 Å². The van der Waals surface area contributed by atoms with Crippen LogP contribution in [0.15, 0.2) is 11.6 Å². The Balaban J connectivity index is 2.39. The average molecular weight is 187 g/mol. The third-order valence-electron chi connectivity index (χ3n) is 1.43. The second-order valence-corrected chi connectivity index (χ2v) is 3.22. The molecule has 5 heteroatoms. The van der Waals surface area contributed by atoms with Gasteiger partial charge in [-0.25, -0.2) is 0 Å². The van der Waals surface area contributed by atoms with Crippen molar-refractivity contribution >= 4 is 23.6 Å². The molecule has 1 rings (SSSR count). The Hall–Kier alpha value is -0.970. The van der Waals surface area contributed by atoms with Gasteiger partial charge in [-0.1, -0.05) is 0 Å². The molecule has 0 aromatic rings. The predicted molar refractivity (Wildman–Crippen MR) is 45.6 cm³/mol. The molecule has 1 N–H and O–H groups in total. The number of carboxylic acid groups (broad SMARTS) is 1. The number of carbonyl (C=O) groups excluding carboxylic acids is 1. The molecule has 0 aromatic heterocycles. The summed E-state index contributed by atoms with van der Waals surface area (Å²) in [5.41, 5.74) is 0. The molecular weight excluding hydrogens is 178 g/mol. The number of amides is 1. The Bertz CT molecular complexity index is 227. The van der Waals surface area contributed by atoms with E-state index in [9.17, 15) is 9.59 Å². The molecule has 1 aliphatic rings. The van der Waals surface area contributed by atoms with Gasteiger partial charge in [0.1, 0.15) is 0 Å². The highest BCUT2D eigenvalue weighted by Gasteiger charge is 2.14. The lowest BCUT2D eigenvalue weighted by molar-refractivity contribution is -0.137. The number of aliphatic carboxylic acids is 1. The Kier molecular flexibility index (Phi) is 3.16. The standard InChI is InChI=1S/C7H9NO3S/c9-6-5-12-4-3-8(6)2-1-7(10)11/h3-4H,1-2,5H2,(H,10,11). The molecule has 0 bridgehead atoms. The van der Waals surface area contributed by atoms with Crippen LogP contribution in [0.5, 0.6) is 0 Å². The zero-order valence-corrected chi connectivity index (χ0v) is 7.21. The third-order valence-corrected chi connectivity index (χ3v) is 2.16. The average Bonchev–Trinajstić information content (AvgIpc) is 2.03. The van der Waals surface area contributed by atoms with Gasteiger partial charge in [0.2, 0.25) is 5.91 Å². The number of hydrogen-bond acceptors (Lipinski definition) is 3. The number of nitrogens with zero attached hydrogens (tertiary/aromatic N) is 1. The van der Waals surface area contributed by atoms with Gasteiger partial charge < -0.3 is 10.0 Å². The SMILES string of the molecule is O=C(O)CCN1C=CSCC1=O. The van der Waals surface area contributed by atoms with Crippen LogP contribution in [0.4, 0.5) is 0 Å². The fourth-order valence-electron chi connectivity index (χ4n) is 0.817. The molecule has 1 aliphatic heterocycles. The second-order valence-electron chi connectivity index (χ2n) is 2.33. The molecule has 0 fully saturated rings. The first-order valence-corrected chi connectivity index (χ1v) is 4.54. The van der Waals surface area contributed by atoms with Gasteiger partial charge >= 0.3 is 5.97 Å². The van der Waals surface area contributed by atoms with Crippen molar-refractivity contribution in [3.05, 3.63) is 11.6 Å². The van der Waals surface area contributed by atoms with Crippen molar-refractivity contribution in [1.82, 2.24) is 4.90 Å². The Labute approximate surface area is 74.2 Å². The fourth-order valence-corrected chi connectivity index (χ4v) is 1.45. The normalized spacial score (nSPS) is 16.7. The van der Waals surface area contributed by atoms with E-state index < -0.39 is 5.97 Å². The number of hydrogen-bond donors (Lipinski definition) is 1. The highest BCUT2D eigenvalue weighted by Crippen LogP contribution is 2.12. The van der Waals surface area contributed by atoms with E-state index in [-0.39, 0.29) is 18.9 Å². The third kappa shape index (κ3) is 2.58. The van der Waals surface area contributed by atoms with Gasteiger partial charge in [-0.05, 0) is 5.41 Å². The van der Waals surface area contributed by atoms with Crippen molar-refractivity contribution in [1.29, 1.82) is 0 Å². The minimum atomic E-state index is -0.880. The number of thioether (sulfide) groups is 1. The van der Waals surface area contributed by atoms with Gasteiger partial charge in [0.05, 0.1) is 12.2 Å². The van der Waals surface area contributed by atoms with Crippen LogP contribution in [-0.2, 0) is 9.59 Å². The lowest BCUT2D eigenvalue weighted by atomic mass is 10.4. The molecule has 0 spiro atoms. The minimum Gasteiger partial charge on any atom is -0.481 e. The molecule has 0 saturated heterocycles. The number of rotatable bonds is 3. The highest BCUT2D eigenvalue weighted by molar-refractivity contribution is 8.02. The largest absolute Gasteiger partial charge is 0.481 e. The van der Waals surface area contributed by atoms with Crippen molar-refractivity contribution in [2.45, 2.75) is 6.42 Å². The van der Waals surface area contributed by atoms with Gasteiger partial charge in [0.25, 0.3) is 0 Å². The maximum Gasteiger partial charge on any atom is 0.305 e. The first kappa shape index (κ1) is 9.12. The molecule has 0 atom stereocenters. The lowest BCUT2D eigenvalue weighted by Crippen LogP contribution is -2.31. The lowest BCUT2D eigenvalue weighted by Gasteiger charge is -2.19. The van der Waals surface area contributed by atoms with Gasteiger partial charge in [0, 0.05) is 12.7 Å². The molecule has 4 nitrogen and oxygen atoms in total. The van der Waals surface area contributed by atoms with Crippen LogP contribution in [0.1, 0.15) is 6.42 Å². The van der Waals surface area contributed by atoms with Gasteiger partial charge in [-0.2, -0.15) is 0 Å². The van der Waals surface area contributed by atoms with E-state index in [2.05, 4.69) is 0 Å². The van der Waals surface area contributed by atoms with Crippen molar-refractivity contribution in [3.63, 3.8) is 0 Å². The maximum atomic E-state index is 11.1. The smallest absolute Gasteiger partial charge is 0.305 e. The summed E-state index contributed by atoms with van der Waals surface area (Å²) in [7, 11) is 0. The molecule has 0 saturated carbocycles. The summed E-state index contributed by atoms with van der Waals surface area (Å²) in [6.45, 7) is 0.269. The molecule has 1 amide bonds. The summed E-state index contributed by atoms with van der Waals surface area (Å²) >= 11 is 1.42. The van der Waals surface area contributed by atoms with E-state index in [0.717, 1.165) is 0 Å². The van der Waals surface area contributed by atoms with E-state index in [1.807, 2.05) is 0 Å². The maximum absolute atomic E-state index is 11.1. The minimum absolute atomic E-state index is 0.000741. The quantitative estimate of drug-likeness (QED) is 0.699. The summed E-state index contributed by atoms with van der Waals surface area (Å²) < 4.78 is 0. The molecule has 12 heavy (non-hydrogen) atoms. The van der Waals surface area contributed by atoms with E-state index in [4.69, 9.17) is 5.11 Å². The Morgan fingerprint density at radius 2 is 2.50 bits per heavy atom. The Morgan fingerprint density at radius 3 is 3.08 bits per heavy atom. The van der Waals surface area contributed by atoms with E-state index >= 15 is 0 Å². The van der Waals surface area contributed by atoms with Gasteiger partial charge in [-0.15, -0.1) is 11.8 Å². The molecule has 66 valence electrons. The van der Waals surface area contributed by atoms with Crippen LogP contribution in [0.3, 0.4) is 0 Å². The van der Waals surface area contributed by atoms with Crippen LogP contribution in [0, 0.1) is 0 Å². The molecular formula is C7H9NO3S. The Morgan fingerprint density at radius 1 is 1.75 bits per heavy atom. The zero-order chi connectivity index (χ0) is 8.97. The zero-order valence-electron chi connectivity index (χ0n) is 6.40. The predicted octanol–water partition coefficient (Wildman–Crippen LogP) is 0.508. The van der Waals surface area contributed by atoms with Crippen LogP contribution in [0.25, 0.3) is 0 Å². The van der Waals surface area contributed by atoms with Crippen LogP contribution in [0.2, 0.25) is 0 Å². The summed E-state index contributed by atoms with van der Waals surface area (Å²) in [6.07, 6.45) is 1.63. The fraction of sp³-hybridized carbons (Fsp3) is 0.429. The van der Waals surface area contributed by atoms with Crippen LogP contribution in [-0.4, -0.2) is 34.2 Å². The summed E-state index contributed by atoms with van der Waals surface area (Å²) in [5.74, 6) is -0.492. The molecule has 0 radical (unpaired) electrons. The second kappa shape index (κ2) is 4.15. The van der Waals surface area contributed by atoms with Crippen LogP contribution >= 0.6 is 11.8 Å². The summed E-state index contributed by atoms with van der Waals surface area (Å²) in [4.78, 5) is 22.7. The molecule has 0 aliphatic carbocycles. The molecule has 0 aromatic carbocycles. The molecule has 1 heterocycles. The van der Waals surface area contributed by atoms with E-state index in [0.29, 0.717) is 5.75 Å². The van der Waals surface area contributed by atoms with Gasteiger partial charge in [0.15, 0.2) is 0 Å². The van der Waals surface area contributed by atoms with E-state index in [1.54, 1.807) is 11.6 Å². The van der Waals surface area contributed by atoms with Gasteiger partial charge in [-0.3, -0.25) is 9.59 Å². The molecule has 0 unspecified atom stereocenters. The monoisotopic (exact) mass is 187 g/mol. The van der Waals surface area contributed by atoms with Crippen molar-refractivity contribution in [2.75, 3.05) is 12.3 Å². The summed E-state index contributed by atoms with van der Waals surface area (Å²) in [6, 6.07) is 0. The highest BCUT2D eigenvalue weighted by atomic mass is 32.2. The van der Waals surface area contributed by atoms with Crippen molar-refractivity contribution < 1.29 is 14.7 Å². The number of carbonyl (C=O) groups is 2. The van der Waals surface area contributed by atoms with Crippen molar-refractivity contribution in [2.24, 2.45) is 0 Å². The first-order chi connectivity index (χ1) is 5.70. The topological polar surface area (TPSA) is 57.6 Å².